The zero-order valence-electron chi connectivity index (χ0n) is 36.7. The lowest BCUT2D eigenvalue weighted by Crippen LogP contribution is -2.64. The molecule has 2 aliphatic heterocycles. The van der Waals surface area contributed by atoms with Crippen LogP contribution in [0.5, 0.6) is 0 Å². The lowest BCUT2D eigenvalue weighted by molar-refractivity contribution is -0.272. The van der Waals surface area contributed by atoms with Gasteiger partial charge in [0.2, 0.25) is 35.4 Å². The van der Waals surface area contributed by atoms with Gasteiger partial charge in [-0.2, -0.15) is 0 Å². The Kier molecular flexibility index (Phi) is 26.5. The predicted molar refractivity (Wildman–Crippen MR) is 218 cm³/mol. The molecule has 0 radical (unpaired) electrons. The smallest absolute Gasteiger partial charge is 0.242 e. The minimum absolute atomic E-state index is 0.0102. The highest BCUT2D eigenvalue weighted by molar-refractivity contribution is 5.89. The van der Waals surface area contributed by atoms with Gasteiger partial charge in [0.15, 0.2) is 12.6 Å². The van der Waals surface area contributed by atoms with E-state index in [0.29, 0.717) is 0 Å². The summed E-state index contributed by atoms with van der Waals surface area (Å²) in [7, 11) is 0. The summed E-state index contributed by atoms with van der Waals surface area (Å²) >= 11 is 0. The van der Waals surface area contributed by atoms with Crippen LogP contribution in [0.4, 0.5) is 0 Å². The van der Waals surface area contributed by atoms with Crippen molar-refractivity contribution in [2.24, 2.45) is 5.92 Å². The van der Waals surface area contributed by atoms with E-state index in [1.165, 1.54) is 13.8 Å². The van der Waals surface area contributed by atoms with Gasteiger partial charge in [-0.3, -0.25) is 33.6 Å². The van der Waals surface area contributed by atoms with Crippen LogP contribution < -0.4 is 31.9 Å². The van der Waals surface area contributed by atoms with Gasteiger partial charge in [-0.05, 0) is 12.8 Å². The van der Waals surface area contributed by atoms with Crippen molar-refractivity contribution in [3.63, 3.8) is 0 Å². The van der Waals surface area contributed by atoms with E-state index in [2.05, 4.69) is 31.9 Å². The van der Waals surface area contributed by atoms with Crippen LogP contribution in [0.1, 0.15) is 59.8 Å². The van der Waals surface area contributed by atoms with Gasteiger partial charge in [0, 0.05) is 52.1 Å². The zero-order chi connectivity index (χ0) is 47.8. The molecule has 0 aromatic carbocycles. The van der Waals surface area contributed by atoms with Crippen LogP contribution in [0.15, 0.2) is 0 Å². The second-order valence-corrected chi connectivity index (χ2v) is 15.4. The monoisotopic (exact) mass is 924 g/mol. The summed E-state index contributed by atoms with van der Waals surface area (Å²) < 4.78 is 33.0. The van der Waals surface area contributed by atoms with Gasteiger partial charge < -0.3 is 91.0 Å². The topological polar surface area (TPSA) is 368 Å². The number of aliphatic hydroxyl groups is 6. The summed E-state index contributed by atoms with van der Waals surface area (Å²) in [6, 6.07) is -3.39. The fraction of sp³-hybridized carbons (Fsp3) is 0.821. The Labute approximate surface area is 370 Å². The third-order valence-electron chi connectivity index (χ3n) is 9.86. The Morgan fingerprint density at radius 3 is 1.56 bits per heavy atom. The molecule has 2 saturated heterocycles. The molecule has 0 aromatic heterocycles. The molecule has 0 aromatic rings. The molecule has 11 atom stereocenters. The van der Waals surface area contributed by atoms with Crippen molar-refractivity contribution < 1.29 is 92.6 Å². The SMILES string of the molecule is CC(=O)NC1C(OCCOCCNC(=O)CNC(=O)CCC(NC(=O)CCCC(=O)C(C)C)C(=O)NCCOCCOC2OC(CO)C(O)C(O)C2NC(C)=O)OC(CO)C(O)C1O. The van der Waals surface area contributed by atoms with E-state index in [9.17, 15) is 64.2 Å². The number of amides is 6. The maximum Gasteiger partial charge on any atom is 0.242 e. The summed E-state index contributed by atoms with van der Waals surface area (Å²) in [4.78, 5) is 86.0. The highest BCUT2D eigenvalue weighted by atomic mass is 16.7. The standard InChI is InChI=1S/C39H68N6O19/c1-21(2)25(50)6-5-7-29(52)45-24(37(58)41-11-13-60-15-17-62-39-32(44-23(4)49)36(57)34(55)27(20-47)64-39)8-9-28(51)42-18-30(53)40-10-12-59-14-16-61-38-31(43-22(3)48)35(56)33(54)26(19-46)63-38/h21,24,26-27,31-36,38-39,46-47,54-57H,5-20H2,1-4H3,(H,40,53)(H,41,58)(H,42,51)(H,43,48)(H,44,49)(H,45,52). The van der Waals surface area contributed by atoms with Crippen molar-refractivity contribution in [2.45, 2.75) is 127 Å². The molecule has 0 bridgehead atoms. The molecule has 2 fully saturated rings. The molecule has 6 amide bonds. The number of ketones is 1. The van der Waals surface area contributed by atoms with Crippen molar-refractivity contribution in [2.75, 3.05) is 72.5 Å². The highest BCUT2D eigenvalue weighted by Gasteiger charge is 2.46. The third kappa shape index (κ3) is 20.5. The molecule has 0 aliphatic carbocycles. The third-order valence-corrected chi connectivity index (χ3v) is 9.86. The number of rotatable bonds is 30. The van der Waals surface area contributed by atoms with E-state index in [-0.39, 0.29) is 96.5 Å². The Bertz CT molecular complexity index is 1480. The van der Waals surface area contributed by atoms with E-state index in [0.717, 1.165) is 0 Å². The van der Waals surface area contributed by atoms with Crippen molar-refractivity contribution in [3.05, 3.63) is 0 Å². The van der Waals surface area contributed by atoms with Gasteiger partial charge in [-0.15, -0.1) is 0 Å². The summed E-state index contributed by atoms with van der Waals surface area (Å²) in [6.45, 7) is 4.20. The molecule has 25 heteroatoms. The molecular formula is C39H68N6O19. The maximum atomic E-state index is 13.1. The van der Waals surface area contributed by atoms with Crippen molar-refractivity contribution in [1.29, 1.82) is 0 Å². The van der Waals surface area contributed by atoms with Gasteiger partial charge in [-0.1, -0.05) is 13.8 Å². The highest BCUT2D eigenvalue weighted by Crippen LogP contribution is 2.23. The molecule has 368 valence electrons. The van der Waals surface area contributed by atoms with Crippen LogP contribution in [0.3, 0.4) is 0 Å². The predicted octanol–water partition coefficient (Wildman–Crippen LogP) is -6.05. The number of hydrogen-bond acceptors (Lipinski definition) is 19. The molecule has 0 saturated carbocycles. The summed E-state index contributed by atoms with van der Waals surface area (Å²) in [5.41, 5.74) is 0. The molecule has 12 N–H and O–H groups in total. The number of Topliss-reactive ketones (excluding diaryl/α,β-unsaturated/α-hetero) is 1. The summed E-state index contributed by atoms with van der Waals surface area (Å²) in [6.07, 6.45) is -10.5. The lowest BCUT2D eigenvalue weighted by atomic mass is 9.97. The van der Waals surface area contributed by atoms with E-state index in [1.807, 2.05) is 0 Å². The number of hydrogen-bond donors (Lipinski definition) is 12. The van der Waals surface area contributed by atoms with Gasteiger partial charge in [0.25, 0.3) is 0 Å². The van der Waals surface area contributed by atoms with E-state index < -0.39 is 123 Å². The van der Waals surface area contributed by atoms with Gasteiger partial charge >= 0.3 is 0 Å². The summed E-state index contributed by atoms with van der Waals surface area (Å²) in [5, 5.41) is 74.9. The molecule has 2 aliphatic rings. The number of aliphatic hydroxyl groups excluding tert-OH is 6. The van der Waals surface area contributed by atoms with Crippen LogP contribution in [0.2, 0.25) is 0 Å². The van der Waals surface area contributed by atoms with Gasteiger partial charge in [0.05, 0.1) is 59.4 Å². The quantitative estimate of drug-likeness (QED) is 0.0298. The number of carbonyl (C=O) groups excluding carboxylic acids is 7. The molecule has 2 rings (SSSR count). The van der Waals surface area contributed by atoms with Crippen LogP contribution in [-0.2, 0) is 62.0 Å². The molecule has 2 heterocycles. The Morgan fingerprint density at radius 2 is 1.09 bits per heavy atom. The number of ether oxygens (including phenoxy) is 6. The molecular weight excluding hydrogens is 856 g/mol. The van der Waals surface area contributed by atoms with Crippen molar-refractivity contribution in [1.82, 2.24) is 31.9 Å². The Balaban J connectivity index is 1.76. The van der Waals surface area contributed by atoms with E-state index >= 15 is 0 Å². The molecule has 64 heavy (non-hydrogen) atoms. The fourth-order valence-electron chi connectivity index (χ4n) is 6.36. The van der Waals surface area contributed by atoms with Crippen LogP contribution >= 0.6 is 0 Å². The van der Waals surface area contributed by atoms with Crippen LogP contribution in [0, 0.1) is 5.92 Å². The molecule has 0 spiro atoms. The Hall–Kier alpha value is -3.99. The second kappa shape index (κ2) is 30.3. The average molecular weight is 925 g/mol. The minimum atomic E-state index is -1.48. The Morgan fingerprint density at radius 1 is 0.594 bits per heavy atom. The fourth-order valence-corrected chi connectivity index (χ4v) is 6.36. The first-order valence-electron chi connectivity index (χ1n) is 21.2. The number of carbonyl (C=O) groups is 7. The van der Waals surface area contributed by atoms with E-state index in [4.69, 9.17) is 28.4 Å². The summed E-state index contributed by atoms with van der Waals surface area (Å²) in [5.74, 6) is -3.47. The normalized spacial score (nSPS) is 26.0. The van der Waals surface area contributed by atoms with E-state index in [1.54, 1.807) is 13.8 Å². The molecule has 25 nitrogen and oxygen atoms in total. The van der Waals surface area contributed by atoms with Gasteiger partial charge in [0.1, 0.15) is 60.5 Å². The minimum Gasteiger partial charge on any atom is -0.394 e. The lowest BCUT2D eigenvalue weighted by Gasteiger charge is -2.42. The zero-order valence-corrected chi connectivity index (χ0v) is 36.7. The first-order valence-corrected chi connectivity index (χ1v) is 21.2. The van der Waals surface area contributed by atoms with Crippen LogP contribution in [0.25, 0.3) is 0 Å². The number of nitrogens with one attached hydrogen (secondary N) is 6. The first kappa shape index (κ1) is 56.1. The van der Waals surface area contributed by atoms with Crippen LogP contribution in [-0.4, -0.2) is 212 Å². The largest absolute Gasteiger partial charge is 0.394 e. The maximum absolute atomic E-state index is 13.1. The average Bonchev–Trinajstić information content (AvgIpc) is 3.24. The van der Waals surface area contributed by atoms with Gasteiger partial charge in [-0.25, -0.2) is 0 Å². The van der Waals surface area contributed by atoms with Crippen molar-refractivity contribution in [3.8, 4) is 0 Å². The second-order valence-electron chi connectivity index (χ2n) is 15.4. The van der Waals surface area contributed by atoms with Crippen molar-refractivity contribution >= 4 is 41.2 Å². The first-order chi connectivity index (χ1) is 30.4. The molecule has 11 unspecified atom stereocenters.